The van der Waals surface area contributed by atoms with Crippen LogP contribution in [0.25, 0.3) is 21.9 Å². The molecular formula is C22H20N6O4S. The molecule has 0 saturated carbocycles. The topological polar surface area (TPSA) is 132 Å². The van der Waals surface area contributed by atoms with Gasteiger partial charge in [0.15, 0.2) is 11.5 Å². The van der Waals surface area contributed by atoms with E-state index >= 15 is 0 Å². The molecule has 33 heavy (non-hydrogen) atoms. The predicted octanol–water partition coefficient (Wildman–Crippen LogP) is 2.56. The lowest BCUT2D eigenvalue weighted by Crippen LogP contribution is -2.41. The Morgan fingerprint density at radius 1 is 1.03 bits per heavy atom. The molecule has 0 saturated heterocycles. The van der Waals surface area contributed by atoms with Gasteiger partial charge in [0, 0.05) is 18.7 Å². The summed E-state index contributed by atoms with van der Waals surface area (Å²) < 4.78 is 6.45. The molecule has 0 aliphatic carbocycles. The Morgan fingerprint density at radius 2 is 1.73 bits per heavy atom. The smallest absolute Gasteiger partial charge is 0.291 e. The second kappa shape index (κ2) is 8.79. The van der Waals surface area contributed by atoms with Crippen molar-refractivity contribution in [3.63, 3.8) is 0 Å². The van der Waals surface area contributed by atoms with Crippen molar-refractivity contribution in [2.45, 2.75) is 20.8 Å². The number of hydrogen-bond donors (Lipinski definition) is 2. The number of aromatic nitrogens is 4. The summed E-state index contributed by atoms with van der Waals surface area (Å²) in [6, 6.07) is 10.7. The summed E-state index contributed by atoms with van der Waals surface area (Å²) in [7, 11) is 1.56. The van der Waals surface area contributed by atoms with E-state index in [1.165, 1.54) is 10.7 Å². The molecule has 4 rings (SSSR count). The van der Waals surface area contributed by atoms with E-state index in [4.69, 9.17) is 4.52 Å². The zero-order chi connectivity index (χ0) is 23.7. The fourth-order valence-corrected chi connectivity index (χ4v) is 4.22. The molecule has 2 amide bonds. The molecule has 11 heteroatoms. The monoisotopic (exact) mass is 464 g/mol. The molecule has 1 aromatic carbocycles. The molecule has 3 heterocycles. The second-order valence-electron chi connectivity index (χ2n) is 7.30. The number of hydrazine groups is 1. The lowest BCUT2D eigenvalue weighted by atomic mass is 10.1. The van der Waals surface area contributed by atoms with E-state index in [-0.39, 0.29) is 16.1 Å². The van der Waals surface area contributed by atoms with Crippen molar-refractivity contribution >= 4 is 23.2 Å². The molecule has 2 N–H and O–H groups in total. The number of aryl methyl sites for hydroxylation is 3. The summed E-state index contributed by atoms with van der Waals surface area (Å²) >= 11 is 1.07. The van der Waals surface area contributed by atoms with Crippen LogP contribution in [0, 0.1) is 20.8 Å². The van der Waals surface area contributed by atoms with E-state index in [0.29, 0.717) is 33.3 Å². The number of amides is 2. The van der Waals surface area contributed by atoms with Gasteiger partial charge >= 0.3 is 0 Å². The molecule has 0 radical (unpaired) electrons. The highest BCUT2D eigenvalue weighted by atomic mass is 32.1. The van der Waals surface area contributed by atoms with Gasteiger partial charge in [-0.15, -0.1) is 11.3 Å². The predicted molar refractivity (Wildman–Crippen MR) is 122 cm³/mol. The molecule has 0 unspecified atom stereocenters. The van der Waals surface area contributed by atoms with Crippen molar-refractivity contribution in [1.82, 2.24) is 30.8 Å². The average molecular weight is 465 g/mol. The molecule has 4 aromatic rings. The van der Waals surface area contributed by atoms with Gasteiger partial charge in [0.05, 0.1) is 17.0 Å². The van der Waals surface area contributed by atoms with Gasteiger partial charge in [0.2, 0.25) is 0 Å². The minimum Gasteiger partial charge on any atom is -0.355 e. The summed E-state index contributed by atoms with van der Waals surface area (Å²) in [4.78, 5) is 42.3. The number of nitrogens with one attached hydrogen (secondary N) is 2. The van der Waals surface area contributed by atoms with Crippen molar-refractivity contribution in [2.24, 2.45) is 7.05 Å². The van der Waals surface area contributed by atoms with Gasteiger partial charge < -0.3 is 4.52 Å². The first-order chi connectivity index (χ1) is 15.8. The standard InChI is InChI=1S/C22H20N6O4S/c1-11-12(2)26-28(4)22(31)17(11)21-23-13(3)18(33-21)20(30)25-24-19(29)15-10-16(32-27-15)14-8-6-5-7-9-14/h5-10H,1-4H3,(H,24,29)(H,25,30). The van der Waals surface area contributed by atoms with E-state index in [1.807, 2.05) is 30.3 Å². The third-order valence-electron chi connectivity index (χ3n) is 5.03. The zero-order valence-electron chi connectivity index (χ0n) is 18.3. The minimum absolute atomic E-state index is 0.0160. The Kier molecular flexibility index (Phi) is 5.88. The van der Waals surface area contributed by atoms with Crippen molar-refractivity contribution in [3.8, 4) is 21.9 Å². The highest BCUT2D eigenvalue weighted by Gasteiger charge is 2.22. The van der Waals surface area contributed by atoms with Gasteiger partial charge in [-0.25, -0.2) is 9.67 Å². The van der Waals surface area contributed by atoms with E-state index in [9.17, 15) is 14.4 Å². The van der Waals surface area contributed by atoms with E-state index in [1.54, 1.807) is 27.8 Å². The molecule has 0 bridgehead atoms. The molecule has 0 fully saturated rings. The quantitative estimate of drug-likeness (QED) is 0.444. The number of thiazole rings is 1. The third kappa shape index (κ3) is 4.30. The molecule has 0 spiro atoms. The van der Waals surface area contributed by atoms with Crippen molar-refractivity contribution in [3.05, 3.63) is 74.3 Å². The molecule has 0 atom stereocenters. The number of nitrogens with zero attached hydrogens (tertiary/aromatic N) is 4. The average Bonchev–Trinajstić information content (AvgIpc) is 3.44. The van der Waals surface area contributed by atoms with Crippen LogP contribution >= 0.6 is 11.3 Å². The van der Waals surface area contributed by atoms with Crippen LogP contribution in [0.1, 0.15) is 37.1 Å². The number of rotatable bonds is 4. The molecule has 168 valence electrons. The molecule has 10 nitrogen and oxygen atoms in total. The van der Waals surface area contributed by atoms with Gasteiger partial charge in [-0.3, -0.25) is 25.2 Å². The maximum atomic E-state index is 12.7. The summed E-state index contributed by atoms with van der Waals surface area (Å²) in [6.45, 7) is 5.25. The maximum absolute atomic E-state index is 12.7. The molecule has 0 aliphatic heterocycles. The Hall–Kier alpha value is -4.12. The van der Waals surface area contributed by atoms with Gasteiger partial charge in [-0.1, -0.05) is 35.5 Å². The number of hydrogen-bond acceptors (Lipinski definition) is 8. The summed E-state index contributed by atoms with van der Waals surface area (Å²) in [5.74, 6) is -0.762. The second-order valence-corrected chi connectivity index (χ2v) is 8.30. The summed E-state index contributed by atoms with van der Waals surface area (Å²) in [5.41, 5.74) is 7.40. The van der Waals surface area contributed by atoms with Crippen LogP contribution < -0.4 is 16.4 Å². The lowest BCUT2D eigenvalue weighted by Gasteiger charge is -2.07. The van der Waals surface area contributed by atoms with Crippen LogP contribution in [0.4, 0.5) is 0 Å². The fourth-order valence-electron chi connectivity index (χ4n) is 3.17. The third-order valence-corrected chi connectivity index (χ3v) is 6.21. The van der Waals surface area contributed by atoms with Crippen molar-refractivity contribution in [1.29, 1.82) is 0 Å². The maximum Gasteiger partial charge on any atom is 0.291 e. The van der Waals surface area contributed by atoms with Crippen LogP contribution in [0.3, 0.4) is 0 Å². The van der Waals surface area contributed by atoms with Crippen LogP contribution in [0.5, 0.6) is 0 Å². The van der Waals surface area contributed by atoms with Crippen molar-refractivity contribution in [2.75, 3.05) is 0 Å². The van der Waals surface area contributed by atoms with Gasteiger partial charge in [0.25, 0.3) is 17.4 Å². The van der Waals surface area contributed by atoms with Crippen LogP contribution in [-0.2, 0) is 7.05 Å². The van der Waals surface area contributed by atoms with Crippen LogP contribution in [0.2, 0.25) is 0 Å². The van der Waals surface area contributed by atoms with E-state index < -0.39 is 11.8 Å². The van der Waals surface area contributed by atoms with Gasteiger partial charge in [-0.05, 0) is 26.3 Å². The Labute approximate surface area is 192 Å². The lowest BCUT2D eigenvalue weighted by molar-refractivity contribution is 0.0843. The molecule has 0 aliphatic rings. The Bertz CT molecular complexity index is 1420. The SMILES string of the molecule is Cc1nc(-c2c(C)c(C)nn(C)c2=O)sc1C(=O)NNC(=O)c1cc(-c2ccccc2)on1. The Balaban J connectivity index is 1.50. The number of carbonyl (C=O) groups is 2. The highest BCUT2D eigenvalue weighted by Crippen LogP contribution is 2.28. The number of benzene rings is 1. The van der Waals surface area contributed by atoms with Gasteiger partial charge in [-0.2, -0.15) is 5.10 Å². The van der Waals surface area contributed by atoms with Crippen LogP contribution in [-0.4, -0.2) is 31.7 Å². The van der Waals surface area contributed by atoms with E-state index in [2.05, 4.69) is 26.1 Å². The Morgan fingerprint density at radius 3 is 2.45 bits per heavy atom. The summed E-state index contributed by atoms with van der Waals surface area (Å²) in [5, 5.41) is 8.33. The number of carbonyl (C=O) groups excluding carboxylic acids is 2. The summed E-state index contributed by atoms with van der Waals surface area (Å²) in [6.07, 6.45) is 0. The largest absolute Gasteiger partial charge is 0.355 e. The van der Waals surface area contributed by atoms with E-state index in [0.717, 1.165) is 16.9 Å². The normalized spacial score (nSPS) is 10.8. The first kappa shape index (κ1) is 22.1. The minimum atomic E-state index is -0.633. The molecule has 3 aromatic heterocycles. The first-order valence-corrected chi connectivity index (χ1v) is 10.7. The zero-order valence-corrected chi connectivity index (χ0v) is 19.1. The molecular weight excluding hydrogens is 444 g/mol. The fraction of sp³-hybridized carbons (Fsp3) is 0.182. The highest BCUT2D eigenvalue weighted by molar-refractivity contribution is 7.17. The first-order valence-electron chi connectivity index (χ1n) is 9.91. The van der Waals surface area contributed by atoms with Gasteiger partial charge in [0.1, 0.15) is 9.88 Å². The van der Waals surface area contributed by atoms with Crippen LogP contribution in [0.15, 0.2) is 45.7 Å². The van der Waals surface area contributed by atoms with Crippen molar-refractivity contribution < 1.29 is 14.1 Å².